The van der Waals surface area contributed by atoms with Crippen molar-refractivity contribution >= 4 is 10.9 Å². The largest absolute Gasteiger partial charge is 0.345 e. The second-order valence-electron chi connectivity index (χ2n) is 5.71. The number of benzene rings is 1. The zero-order valence-electron chi connectivity index (χ0n) is 12.4. The number of nitrogens with one attached hydrogen (secondary N) is 1. The van der Waals surface area contributed by atoms with Crippen molar-refractivity contribution in [1.29, 1.82) is 0 Å². The third kappa shape index (κ3) is 2.82. The van der Waals surface area contributed by atoms with E-state index in [2.05, 4.69) is 62.0 Å². The van der Waals surface area contributed by atoms with Gasteiger partial charge in [0.15, 0.2) is 0 Å². The number of nitrogens with zero attached hydrogens (tertiary/aromatic N) is 1. The van der Waals surface area contributed by atoms with Crippen molar-refractivity contribution in [2.75, 3.05) is 0 Å². The summed E-state index contributed by atoms with van der Waals surface area (Å²) in [4.78, 5) is 0. The van der Waals surface area contributed by atoms with E-state index in [1.165, 1.54) is 22.0 Å². The maximum absolute atomic E-state index is 5.90. The molecule has 3 heteroatoms. The van der Waals surface area contributed by atoms with Gasteiger partial charge in [-0.2, -0.15) is 0 Å². The van der Waals surface area contributed by atoms with Gasteiger partial charge < -0.3 is 15.6 Å². The summed E-state index contributed by atoms with van der Waals surface area (Å²) < 4.78 is 2.34. The molecule has 1 aromatic heterocycles. The highest BCUT2D eigenvalue weighted by Gasteiger charge is 2.13. The van der Waals surface area contributed by atoms with Gasteiger partial charge in [0.1, 0.15) is 0 Å². The Kier molecular flexibility index (Phi) is 4.27. The fraction of sp³-hybridized carbons (Fsp3) is 0.500. The molecule has 0 atom stereocenters. The molecule has 0 bridgehead atoms. The Balaban J connectivity index is 2.55. The van der Waals surface area contributed by atoms with Gasteiger partial charge in [-0.1, -0.05) is 26.0 Å². The number of nitrogens with two attached hydrogens (primary N) is 1. The van der Waals surface area contributed by atoms with Crippen LogP contribution in [0.4, 0.5) is 0 Å². The highest BCUT2D eigenvalue weighted by molar-refractivity contribution is 5.87. The van der Waals surface area contributed by atoms with E-state index >= 15 is 0 Å². The Morgan fingerprint density at radius 3 is 2.47 bits per heavy atom. The van der Waals surface area contributed by atoms with Gasteiger partial charge in [0.05, 0.1) is 0 Å². The molecule has 19 heavy (non-hydrogen) atoms. The summed E-state index contributed by atoms with van der Waals surface area (Å²) in [5, 5.41) is 4.83. The van der Waals surface area contributed by atoms with Gasteiger partial charge in [0, 0.05) is 42.3 Å². The fourth-order valence-corrected chi connectivity index (χ4v) is 2.52. The van der Waals surface area contributed by atoms with Gasteiger partial charge in [-0.25, -0.2) is 0 Å². The molecule has 0 fully saturated rings. The first-order valence-electron chi connectivity index (χ1n) is 7.09. The van der Waals surface area contributed by atoms with Crippen LogP contribution in [0, 0.1) is 0 Å². The van der Waals surface area contributed by atoms with E-state index in [0.29, 0.717) is 18.6 Å². The molecule has 0 saturated heterocycles. The molecule has 3 nitrogen and oxygen atoms in total. The minimum absolute atomic E-state index is 0.461. The lowest BCUT2D eigenvalue weighted by molar-refractivity contribution is 0.583. The Hall–Kier alpha value is -1.32. The van der Waals surface area contributed by atoms with E-state index in [1.54, 1.807) is 0 Å². The molecule has 0 aliphatic heterocycles. The van der Waals surface area contributed by atoms with Crippen LogP contribution in [0.15, 0.2) is 24.4 Å². The lowest BCUT2D eigenvalue weighted by Crippen LogP contribution is -2.21. The molecule has 0 amide bonds. The van der Waals surface area contributed by atoms with E-state index in [1.807, 2.05) is 0 Å². The molecule has 0 aliphatic carbocycles. The average Bonchev–Trinajstić information content (AvgIpc) is 2.75. The third-order valence-electron chi connectivity index (χ3n) is 3.50. The van der Waals surface area contributed by atoms with Crippen LogP contribution in [0.5, 0.6) is 0 Å². The first kappa shape index (κ1) is 14.1. The van der Waals surface area contributed by atoms with Crippen LogP contribution < -0.4 is 11.1 Å². The number of fused-ring (bicyclic) bond motifs is 1. The summed E-state index contributed by atoms with van der Waals surface area (Å²) in [6.45, 7) is 10.3. The van der Waals surface area contributed by atoms with Gasteiger partial charge in [-0.3, -0.25) is 0 Å². The summed E-state index contributed by atoms with van der Waals surface area (Å²) in [5.41, 5.74) is 9.77. The molecule has 2 aromatic rings. The van der Waals surface area contributed by atoms with Crippen molar-refractivity contribution < 1.29 is 0 Å². The molecule has 0 aliphatic rings. The third-order valence-corrected chi connectivity index (χ3v) is 3.50. The molecule has 0 radical (unpaired) electrons. The van der Waals surface area contributed by atoms with Crippen molar-refractivity contribution in [1.82, 2.24) is 9.88 Å². The van der Waals surface area contributed by atoms with Gasteiger partial charge in [-0.05, 0) is 31.0 Å². The first-order chi connectivity index (χ1) is 9.04. The topological polar surface area (TPSA) is 43.0 Å². The maximum Gasteiger partial charge on any atom is 0.0489 e. The van der Waals surface area contributed by atoms with Crippen molar-refractivity contribution in [2.45, 2.75) is 52.9 Å². The Morgan fingerprint density at radius 1 is 1.16 bits per heavy atom. The van der Waals surface area contributed by atoms with Crippen molar-refractivity contribution in [3.8, 4) is 0 Å². The zero-order valence-corrected chi connectivity index (χ0v) is 12.4. The summed E-state index contributed by atoms with van der Waals surface area (Å²) in [7, 11) is 0. The van der Waals surface area contributed by atoms with E-state index in [9.17, 15) is 0 Å². The monoisotopic (exact) mass is 259 g/mol. The molecule has 0 spiro atoms. The predicted octanol–water partition coefficient (Wildman–Crippen LogP) is 3.18. The van der Waals surface area contributed by atoms with Gasteiger partial charge in [0.2, 0.25) is 0 Å². The second kappa shape index (κ2) is 5.76. The number of rotatable bonds is 5. The Morgan fingerprint density at radius 2 is 1.89 bits per heavy atom. The van der Waals surface area contributed by atoms with E-state index in [4.69, 9.17) is 5.73 Å². The quantitative estimate of drug-likeness (QED) is 0.866. The van der Waals surface area contributed by atoms with Gasteiger partial charge in [0.25, 0.3) is 0 Å². The molecule has 104 valence electrons. The molecular weight excluding hydrogens is 234 g/mol. The van der Waals surface area contributed by atoms with E-state index in [-0.39, 0.29) is 0 Å². The van der Waals surface area contributed by atoms with E-state index in [0.717, 1.165) is 6.54 Å². The SMILES string of the molecule is CC(C)NCc1cn(C(C)C)c2cccc(CN)c12. The predicted molar refractivity (Wildman–Crippen MR) is 82.2 cm³/mol. The van der Waals surface area contributed by atoms with Crippen molar-refractivity contribution in [3.05, 3.63) is 35.5 Å². The van der Waals surface area contributed by atoms with Crippen LogP contribution in [0.25, 0.3) is 10.9 Å². The van der Waals surface area contributed by atoms with E-state index < -0.39 is 0 Å². The van der Waals surface area contributed by atoms with Crippen molar-refractivity contribution in [2.24, 2.45) is 5.73 Å². The first-order valence-corrected chi connectivity index (χ1v) is 7.09. The molecule has 1 heterocycles. The zero-order chi connectivity index (χ0) is 14.0. The van der Waals surface area contributed by atoms with Crippen molar-refractivity contribution in [3.63, 3.8) is 0 Å². The summed E-state index contributed by atoms with van der Waals surface area (Å²) in [5.74, 6) is 0. The molecule has 2 rings (SSSR count). The summed E-state index contributed by atoms with van der Waals surface area (Å²) in [6.07, 6.45) is 2.27. The molecule has 0 saturated carbocycles. The lowest BCUT2D eigenvalue weighted by atomic mass is 10.1. The van der Waals surface area contributed by atoms with Gasteiger partial charge >= 0.3 is 0 Å². The lowest BCUT2D eigenvalue weighted by Gasteiger charge is -2.09. The number of hydrogen-bond acceptors (Lipinski definition) is 2. The number of hydrogen-bond donors (Lipinski definition) is 2. The molecule has 0 unspecified atom stereocenters. The Labute approximate surface area is 115 Å². The van der Waals surface area contributed by atoms with Crippen LogP contribution in [0.2, 0.25) is 0 Å². The highest BCUT2D eigenvalue weighted by atomic mass is 15.0. The molecular formula is C16H25N3. The second-order valence-corrected chi connectivity index (χ2v) is 5.71. The standard InChI is InChI=1S/C16H25N3/c1-11(2)18-9-14-10-19(12(3)4)15-7-5-6-13(8-17)16(14)15/h5-7,10-12,18H,8-9,17H2,1-4H3. The minimum Gasteiger partial charge on any atom is -0.345 e. The maximum atomic E-state index is 5.90. The molecule has 1 aromatic carbocycles. The van der Waals surface area contributed by atoms with Crippen LogP contribution >= 0.6 is 0 Å². The van der Waals surface area contributed by atoms with Crippen LogP contribution in [-0.4, -0.2) is 10.6 Å². The minimum atomic E-state index is 0.461. The highest BCUT2D eigenvalue weighted by Crippen LogP contribution is 2.27. The van der Waals surface area contributed by atoms with Crippen LogP contribution in [0.3, 0.4) is 0 Å². The van der Waals surface area contributed by atoms with Crippen LogP contribution in [-0.2, 0) is 13.1 Å². The molecule has 3 N–H and O–H groups in total. The summed E-state index contributed by atoms with van der Waals surface area (Å²) >= 11 is 0. The average molecular weight is 259 g/mol. The van der Waals surface area contributed by atoms with Crippen LogP contribution in [0.1, 0.15) is 44.9 Å². The Bertz CT molecular complexity index is 552. The smallest absolute Gasteiger partial charge is 0.0489 e. The summed E-state index contributed by atoms with van der Waals surface area (Å²) in [6, 6.07) is 7.37. The number of aromatic nitrogens is 1. The normalized spacial score (nSPS) is 11.9. The van der Waals surface area contributed by atoms with Gasteiger partial charge in [-0.15, -0.1) is 0 Å². The fourth-order valence-electron chi connectivity index (χ4n) is 2.52.